The minimum atomic E-state index is -2.29. The molecule has 0 N–H and O–H groups in total. The van der Waals surface area contributed by atoms with Gasteiger partial charge in [0.25, 0.3) is 0 Å². The summed E-state index contributed by atoms with van der Waals surface area (Å²) in [5, 5.41) is 8.19. The van der Waals surface area contributed by atoms with Gasteiger partial charge < -0.3 is 18.6 Å². The van der Waals surface area contributed by atoms with Gasteiger partial charge in [-0.05, 0) is 28.5 Å². The van der Waals surface area contributed by atoms with Crippen molar-refractivity contribution in [2.75, 3.05) is 4.81 Å². The van der Waals surface area contributed by atoms with Gasteiger partial charge in [0.15, 0.2) is 5.36 Å². The zero-order chi connectivity index (χ0) is 29.5. The first-order valence-corrected chi connectivity index (χ1v) is 15.6. The third kappa shape index (κ3) is 3.49. The van der Waals surface area contributed by atoms with Gasteiger partial charge >= 0.3 is 6.82 Å². The van der Waals surface area contributed by atoms with Crippen molar-refractivity contribution in [3.05, 3.63) is 168 Å². The van der Waals surface area contributed by atoms with Crippen LogP contribution in [0.3, 0.4) is 0 Å². The van der Waals surface area contributed by atoms with Gasteiger partial charge in [-0.1, -0.05) is 120 Å². The van der Waals surface area contributed by atoms with Gasteiger partial charge in [0.05, 0.1) is 11.5 Å². The molecule has 0 saturated heterocycles. The van der Waals surface area contributed by atoms with Crippen molar-refractivity contribution in [2.24, 2.45) is 0 Å². The number of hydrogen-bond acceptors (Lipinski definition) is 3. The molecular formula is C40H28BN2O2-. The molecule has 2 aliphatic heterocycles. The lowest BCUT2D eigenvalue weighted by molar-refractivity contribution is 0.325. The monoisotopic (exact) mass is 579 g/mol. The third-order valence-corrected chi connectivity index (χ3v) is 9.79. The van der Waals surface area contributed by atoms with Gasteiger partial charge in [-0.15, -0.1) is 29.7 Å². The molecule has 45 heavy (non-hydrogen) atoms. The van der Waals surface area contributed by atoms with Crippen molar-refractivity contribution in [2.45, 2.75) is 13.1 Å². The quantitative estimate of drug-likeness (QED) is 0.156. The highest BCUT2D eigenvalue weighted by Gasteiger charge is 2.58. The standard InChI is InChI=1S/C40H28BN2O2/c1-3-11-27(12-4-1)25-42-35-23-37(33-21-9-17-29-15-7-19-31(35)39(29)33)44-41(42)43(26-28-13-5-2-6-14-28)36-24-38(45-41)34-22-10-18-30-16-8-20-32(36)40(30)34/h1-24H,25-26H2/q-1. The van der Waals surface area contributed by atoms with Crippen LogP contribution < -0.4 is 24.0 Å². The van der Waals surface area contributed by atoms with E-state index >= 15 is 0 Å². The van der Waals surface area contributed by atoms with Crippen LogP contribution in [0.5, 0.6) is 11.5 Å². The zero-order valence-corrected chi connectivity index (χ0v) is 24.6. The molecule has 7 aromatic rings. The molecule has 7 aromatic carbocycles. The molecule has 10 rings (SSSR count). The highest BCUT2D eigenvalue weighted by atomic mass is 16.6. The third-order valence-electron chi connectivity index (χ3n) is 9.79. The van der Waals surface area contributed by atoms with Gasteiger partial charge in [-0.2, -0.15) is 0 Å². The molecule has 4 bridgehead atoms. The van der Waals surface area contributed by atoms with Gasteiger partial charge in [0.2, 0.25) is 0 Å². The van der Waals surface area contributed by atoms with E-state index in [-0.39, 0.29) is 0 Å². The highest BCUT2D eigenvalue weighted by molar-refractivity contribution is 6.72. The Morgan fingerprint density at radius 2 is 1.31 bits per heavy atom. The second-order valence-corrected chi connectivity index (χ2v) is 12.3. The fourth-order valence-corrected chi connectivity index (χ4v) is 7.84. The molecular weight excluding hydrogens is 551 g/mol. The van der Waals surface area contributed by atoms with Crippen molar-refractivity contribution in [3.8, 4) is 11.5 Å². The summed E-state index contributed by atoms with van der Waals surface area (Å²) in [5.74, 6) is 1.70. The second kappa shape index (κ2) is 9.17. The average Bonchev–Trinajstić information content (AvgIpc) is 3.09. The topological polar surface area (TPSA) is 24.7 Å². The fourth-order valence-electron chi connectivity index (χ4n) is 7.84. The van der Waals surface area contributed by atoms with E-state index in [4.69, 9.17) is 9.31 Å². The van der Waals surface area contributed by atoms with Crippen molar-refractivity contribution in [3.63, 3.8) is 0 Å². The molecule has 4 nitrogen and oxygen atoms in total. The molecule has 0 fully saturated rings. The maximum absolute atomic E-state index is 7.42. The molecule has 1 atom stereocenters. The Morgan fingerprint density at radius 3 is 2.09 bits per heavy atom. The van der Waals surface area contributed by atoms with Crippen LogP contribution in [0.2, 0.25) is 0 Å². The molecule has 0 saturated carbocycles. The van der Waals surface area contributed by atoms with Crippen molar-refractivity contribution < 1.29 is 9.31 Å². The normalized spacial score (nSPS) is 17.5. The van der Waals surface area contributed by atoms with E-state index in [2.05, 4.69) is 155 Å². The summed E-state index contributed by atoms with van der Waals surface area (Å²) in [7, 11) is 0. The summed E-state index contributed by atoms with van der Waals surface area (Å²) >= 11 is 0. The molecule has 0 radical (unpaired) electrons. The molecule has 3 aliphatic rings. The molecule has 1 aliphatic carbocycles. The summed E-state index contributed by atoms with van der Waals surface area (Å²) in [4.78, 5) is 2.40. The Labute approximate surface area is 261 Å². The SMILES string of the molecule is C1=Cc2cccc3c4cc(c(c23)[CH-]1)N(Cc1ccccc1)[B-]1(O4)Oc2cc(c3cccc4cccc2c43)=[N+]1Cc1ccccc1. The largest absolute Gasteiger partial charge is 0.763 e. The van der Waals surface area contributed by atoms with Gasteiger partial charge in [0.1, 0.15) is 6.54 Å². The van der Waals surface area contributed by atoms with Crippen molar-refractivity contribution in [1.82, 2.24) is 4.49 Å². The number of allylic oxidation sites excluding steroid dienone is 1. The maximum atomic E-state index is 7.42. The van der Waals surface area contributed by atoms with Crippen LogP contribution in [0.15, 0.2) is 133 Å². The summed E-state index contributed by atoms with van der Waals surface area (Å²) in [6.07, 6.45) is 6.60. The van der Waals surface area contributed by atoms with E-state index in [1.54, 1.807) is 0 Å². The smallest absolute Gasteiger partial charge is 0.603 e. The predicted molar refractivity (Wildman–Crippen MR) is 184 cm³/mol. The van der Waals surface area contributed by atoms with Crippen LogP contribution in [0.25, 0.3) is 38.4 Å². The Hall–Kier alpha value is -5.68. The van der Waals surface area contributed by atoms with E-state index in [9.17, 15) is 0 Å². The highest BCUT2D eigenvalue weighted by Crippen LogP contribution is 2.48. The summed E-state index contributed by atoms with van der Waals surface area (Å²) in [6.45, 7) is -1.04. The zero-order valence-electron chi connectivity index (χ0n) is 24.6. The summed E-state index contributed by atoms with van der Waals surface area (Å²) in [5.41, 5.74) is 5.92. The van der Waals surface area contributed by atoms with Crippen LogP contribution in [-0.2, 0) is 13.1 Å². The van der Waals surface area contributed by atoms with E-state index in [1.165, 1.54) is 43.8 Å². The van der Waals surface area contributed by atoms with Crippen LogP contribution in [0, 0.1) is 6.42 Å². The second-order valence-electron chi connectivity index (χ2n) is 12.3. The van der Waals surface area contributed by atoms with E-state index in [0.717, 1.165) is 33.3 Å². The van der Waals surface area contributed by atoms with Gasteiger partial charge in [0, 0.05) is 34.3 Å². The number of hydrogen-bond donors (Lipinski definition) is 0. The first-order valence-electron chi connectivity index (χ1n) is 15.6. The van der Waals surface area contributed by atoms with E-state index in [1.807, 2.05) is 0 Å². The lowest BCUT2D eigenvalue weighted by Crippen LogP contribution is -2.77. The molecule has 2 heterocycles. The van der Waals surface area contributed by atoms with E-state index in [0.29, 0.717) is 13.1 Å². The van der Waals surface area contributed by atoms with Crippen LogP contribution in [-0.4, -0.2) is 6.82 Å². The molecule has 5 heteroatoms. The molecule has 1 spiro atoms. The van der Waals surface area contributed by atoms with Crippen LogP contribution in [0.1, 0.15) is 22.3 Å². The van der Waals surface area contributed by atoms with E-state index < -0.39 is 6.82 Å². The van der Waals surface area contributed by atoms with Crippen LogP contribution in [0.4, 0.5) is 5.69 Å². The van der Waals surface area contributed by atoms with Crippen LogP contribution >= 0.6 is 0 Å². The minimum absolute atomic E-state index is 0.621. The lowest BCUT2D eigenvalue weighted by atomic mass is 9.75. The minimum Gasteiger partial charge on any atom is -0.603 e. The number of fused-ring (bicyclic) bond motifs is 8. The predicted octanol–water partition coefficient (Wildman–Crippen LogP) is 8.06. The van der Waals surface area contributed by atoms with Crippen molar-refractivity contribution >= 4 is 50.9 Å². The average molecular weight is 579 g/mol. The first-order chi connectivity index (χ1) is 22.3. The fraction of sp³-hybridized carbons (Fsp3) is 0.0500. The molecule has 1 unspecified atom stereocenters. The first kappa shape index (κ1) is 24.7. The number of rotatable bonds is 4. The number of anilines is 1. The molecule has 0 amide bonds. The summed E-state index contributed by atoms with van der Waals surface area (Å²) < 4.78 is 17.2. The number of nitrogens with zero attached hydrogens (tertiary/aromatic N) is 2. The van der Waals surface area contributed by atoms with Crippen molar-refractivity contribution in [1.29, 1.82) is 0 Å². The maximum Gasteiger partial charge on any atom is 0.763 e. The Morgan fingerprint density at radius 1 is 0.644 bits per heavy atom. The molecule has 214 valence electrons. The Balaban J connectivity index is 1.33. The molecule has 0 aromatic heterocycles. The lowest BCUT2D eigenvalue weighted by Gasteiger charge is -2.53. The Bertz CT molecular complexity index is 2420. The Kier molecular flexibility index (Phi) is 5.04. The van der Waals surface area contributed by atoms with Gasteiger partial charge in [-0.25, -0.2) is 0 Å². The summed E-state index contributed by atoms with van der Waals surface area (Å²) in [6, 6.07) is 45.3. The number of benzene rings is 7. The van der Waals surface area contributed by atoms with Gasteiger partial charge in [-0.3, -0.25) is 0 Å².